The van der Waals surface area contributed by atoms with Crippen molar-refractivity contribution in [1.82, 2.24) is 0 Å². The van der Waals surface area contributed by atoms with E-state index in [2.05, 4.69) is 33.8 Å². The molecule has 0 bridgehead atoms. The van der Waals surface area contributed by atoms with Gasteiger partial charge in [-0.05, 0) is 73.0 Å². The van der Waals surface area contributed by atoms with Gasteiger partial charge >= 0.3 is 0 Å². The van der Waals surface area contributed by atoms with Crippen LogP contribution in [0.4, 0.5) is 0 Å². The van der Waals surface area contributed by atoms with E-state index in [4.69, 9.17) is 32.7 Å². The van der Waals surface area contributed by atoms with Crippen molar-refractivity contribution in [1.29, 1.82) is 0 Å². The van der Waals surface area contributed by atoms with Crippen LogP contribution < -0.4 is 0 Å². The molecule has 6 heteroatoms. The molecule has 13 unspecified atom stereocenters. The second-order valence-electron chi connectivity index (χ2n) is 13.3. The van der Waals surface area contributed by atoms with E-state index in [0.717, 1.165) is 32.1 Å². The lowest BCUT2D eigenvalue weighted by Crippen LogP contribution is -2.56. The summed E-state index contributed by atoms with van der Waals surface area (Å²) in [4.78, 5) is -0.393. The number of fused-ring (bicyclic) bond motifs is 7. The summed E-state index contributed by atoms with van der Waals surface area (Å²) in [6.07, 6.45) is 8.25. The van der Waals surface area contributed by atoms with Crippen LogP contribution in [0.1, 0.15) is 72.6 Å². The Morgan fingerprint density at radius 2 is 1.88 bits per heavy atom. The lowest BCUT2D eigenvalue weighted by atomic mass is 9.46. The second-order valence-corrected chi connectivity index (χ2v) is 14.5. The third kappa shape index (κ3) is 3.18. The van der Waals surface area contributed by atoms with Crippen LogP contribution in [-0.2, 0) is 9.47 Å². The third-order valence-electron chi connectivity index (χ3n) is 12.0. The van der Waals surface area contributed by atoms with Gasteiger partial charge in [0.1, 0.15) is 4.84 Å². The Labute approximate surface area is 214 Å². The maximum atomic E-state index is 11.2. The fraction of sp³-hybridized carbons (Fsp3) is 0.929. The van der Waals surface area contributed by atoms with E-state index in [1.54, 1.807) is 0 Å². The molecule has 2 N–H and O–H groups in total. The van der Waals surface area contributed by atoms with Crippen LogP contribution in [-0.4, -0.2) is 45.8 Å². The molecular weight excluding hydrogens is 471 g/mol. The molecule has 3 saturated carbocycles. The molecule has 0 aromatic heterocycles. The average Bonchev–Trinajstić information content (AvgIpc) is 3.21. The number of aliphatic hydroxyl groups is 2. The number of ether oxygens (including phenoxy) is 2. The summed E-state index contributed by atoms with van der Waals surface area (Å²) in [7, 11) is 0. The zero-order chi connectivity index (χ0) is 24.2. The second kappa shape index (κ2) is 8.08. The number of hydrogen-bond donors (Lipinski definition) is 2. The van der Waals surface area contributed by atoms with Crippen LogP contribution in [0.5, 0.6) is 0 Å². The van der Waals surface area contributed by atoms with Gasteiger partial charge in [0, 0.05) is 24.2 Å². The molecule has 0 amide bonds. The molecule has 34 heavy (non-hydrogen) atoms. The topological polar surface area (TPSA) is 58.9 Å². The van der Waals surface area contributed by atoms with Gasteiger partial charge in [-0.2, -0.15) is 0 Å². The van der Waals surface area contributed by atoms with Gasteiger partial charge in [-0.25, -0.2) is 0 Å². The van der Waals surface area contributed by atoms with E-state index in [-0.39, 0.29) is 22.9 Å². The number of alkyl halides is 2. The van der Waals surface area contributed by atoms with Crippen LogP contribution in [0, 0.1) is 52.3 Å². The Kier molecular flexibility index (Phi) is 5.82. The molecule has 192 valence electrons. The smallest absolute Gasteiger partial charge is 0.171 e. The summed E-state index contributed by atoms with van der Waals surface area (Å²) in [6.45, 7) is 9.99. The van der Waals surface area contributed by atoms with E-state index in [1.165, 1.54) is 12.0 Å². The fourth-order valence-electron chi connectivity index (χ4n) is 10.1. The molecule has 5 fully saturated rings. The van der Waals surface area contributed by atoms with E-state index in [0.29, 0.717) is 48.5 Å². The van der Waals surface area contributed by atoms with Crippen molar-refractivity contribution in [3.63, 3.8) is 0 Å². The van der Waals surface area contributed by atoms with Gasteiger partial charge in [-0.15, -0.1) is 23.2 Å². The lowest BCUT2D eigenvalue weighted by molar-refractivity contribution is -0.283. The first-order valence-electron chi connectivity index (χ1n) is 13.7. The predicted molar refractivity (Wildman–Crippen MR) is 133 cm³/mol. The molecule has 2 heterocycles. The van der Waals surface area contributed by atoms with Gasteiger partial charge in [0.15, 0.2) is 5.79 Å². The molecule has 1 spiro atoms. The molecule has 4 nitrogen and oxygen atoms in total. The SMILES string of the molecule is CC1COC2(CC1C(Cl)Cl)OC1CC3C4CC=C5CC(O)CC(O)C5(C)C4CCC3(C)C1C2C. The van der Waals surface area contributed by atoms with Gasteiger partial charge in [-0.1, -0.05) is 39.3 Å². The number of rotatable bonds is 1. The van der Waals surface area contributed by atoms with Crippen LogP contribution in [0.2, 0.25) is 0 Å². The van der Waals surface area contributed by atoms with Crippen molar-refractivity contribution >= 4 is 23.2 Å². The Balaban J connectivity index is 1.28. The zero-order valence-corrected chi connectivity index (χ0v) is 22.6. The highest BCUT2D eigenvalue weighted by atomic mass is 35.5. The predicted octanol–water partition coefficient (Wildman–Crippen LogP) is 5.71. The number of hydrogen-bond acceptors (Lipinski definition) is 4. The van der Waals surface area contributed by atoms with Crippen molar-refractivity contribution in [3.8, 4) is 0 Å². The summed E-state index contributed by atoms with van der Waals surface area (Å²) in [5.41, 5.74) is 1.33. The first kappa shape index (κ1) is 24.5. The van der Waals surface area contributed by atoms with Crippen molar-refractivity contribution < 1.29 is 19.7 Å². The minimum absolute atomic E-state index is 0.194. The van der Waals surface area contributed by atoms with Gasteiger partial charge < -0.3 is 19.7 Å². The summed E-state index contributed by atoms with van der Waals surface area (Å²) in [5, 5.41) is 21.5. The molecule has 2 aliphatic heterocycles. The first-order valence-corrected chi connectivity index (χ1v) is 14.5. The monoisotopic (exact) mass is 512 g/mol. The molecule has 0 aromatic rings. The zero-order valence-electron chi connectivity index (χ0n) is 21.1. The summed E-state index contributed by atoms with van der Waals surface area (Å²) in [6, 6.07) is 0. The molecule has 0 radical (unpaired) electrons. The molecule has 6 aliphatic rings. The maximum absolute atomic E-state index is 11.2. The number of aliphatic hydroxyl groups excluding tert-OH is 2. The Hall–Kier alpha value is 0.160. The first-order chi connectivity index (χ1) is 16.0. The molecule has 13 atom stereocenters. The Morgan fingerprint density at radius 1 is 1.12 bits per heavy atom. The summed E-state index contributed by atoms with van der Waals surface area (Å²) in [5.74, 6) is 2.43. The maximum Gasteiger partial charge on any atom is 0.171 e. The minimum Gasteiger partial charge on any atom is -0.393 e. The molecule has 2 saturated heterocycles. The minimum atomic E-state index is -0.555. The van der Waals surface area contributed by atoms with Crippen molar-refractivity contribution in [3.05, 3.63) is 11.6 Å². The number of halogens is 2. The van der Waals surface area contributed by atoms with Crippen LogP contribution in [0.15, 0.2) is 11.6 Å². The molecule has 4 aliphatic carbocycles. The van der Waals surface area contributed by atoms with Crippen molar-refractivity contribution in [2.24, 2.45) is 52.3 Å². The summed E-state index contributed by atoms with van der Waals surface area (Å²) >= 11 is 12.8. The molecule has 0 aromatic carbocycles. The van der Waals surface area contributed by atoms with Gasteiger partial charge in [-0.3, -0.25) is 0 Å². The van der Waals surface area contributed by atoms with Gasteiger partial charge in [0.05, 0.1) is 24.9 Å². The van der Waals surface area contributed by atoms with E-state index in [1.807, 2.05) is 0 Å². The average molecular weight is 514 g/mol. The van der Waals surface area contributed by atoms with Crippen LogP contribution in [0.25, 0.3) is 0 Å². The van der Waals surface area contributed by atoms with E-state index in [9.17, 15) is 10.2 Å². The quantitative estimate of drug-likeness (QED) is 0.348. The van der Waals surface area contributed by atoms with Crippen molar-refractivity contribution in [2.75, 3.05) is 6.61 Å². The Bertz CT molecular complexity index is 863. The fourth-order valence-corrected chi connectivity index (χ4v) is 10.8. The Morgan fingerprint density at radius 3 is 2.62 bits per heavy atom. The summed E-state index contributed by atoms with van der Waals surface area (Å²) < 4.78 is 13.4. The standard InChI is InChI=1S/C28H42Cl2O4/c1-14-13-33-28(12-19(14)25(29)30)15(2)24-22(34-28)11-21-18-6-5-16-9-17(31)10-23(32)27(16,4)20(18)7-8-26(21,24)3/h5,14-15,17-25,31-32H,6-13H2,1-4H3. The normalized spacial score (nSPS) is 58.8. The third-order valence-corrected chi connectivity index (χ3v) is 12.7. The largest absolute Gasteiger partial charge is 0.393 e. The van der Waals surface area contributed by atoms with Crippen LogP contribution >= 0.6 is 23.2 Å². The highest BCUT2D eigenvalue weighted by Gasteiger charge is 2.69. The van der Waals surface area contributed by atoms with Crippen molar-refractivity contribution in [2.45, 2.75) is 102 Å². The molecular formula is C28H42Cl2O4. The number of allylic oxidation sites excluding steroid dienone is 1. The van der Waals surface area contributed by atoms with Gasteiger partial charge in [0.2, 0.25) is 0 Å². The highest BCUT2D eigenvalue weighted by molar-refractivity contribution is 6.44. The molecule has 6 rings (SSSR count). The highest BCUT2D eigenvalue weighted by Crippen LogP contribution is 2.70. The van der Waals surface area contributed by atoms with Gasteiger partial charge in [0.25, 0.3) is 0 Å². The lowest BCUT2D eigenvalue weighted by Gasteiger charge is -2.59. The van der Waals surface area contributed by atoms with E-state index < -0.39 is 22.8 Å². The van der Waals surface area contributed by atoms with E-state index >= 15 is 0 Å². The van der Waals surface area contributed by atoms with Crippen LogP contribution in [0.3, 0.4) is 0 Å².